The van der Waals surface area contributed by atoms with Crippen molar-refractivity contribution in [2.75, 3.05) is 50.8 Å². The molecule has 2 aliphatic carbocycles. The normalized spacial score (nSPS) is 27.6. The van der Waals surface area contributed by atoms with Gasteiger partial charge in [0.2, 0.25) is 18.3 Å². The fraction of sp³-hybridized carbons (Fsp3) is 0.459. The molecule has 1 saturated carbocycles. The number of hydrogen-bond donors (Lipinski definition) is 0. The summed E-state index contributed by atoms with van der Waals surface area (Å²) in [5, 5.41) is 11.1. The Bertz CT molecular complexity index is 1900. The lowest BCUT2D eigenvalue weighted by Gasteiger charge is -2.40. The smallest absolute Gasteiger partial charge is 0.246 e. The summed E-state index contributed by atoms with van der Waals surface area (Å²) < 4.78 is 37.4. The Morgan fingerprint density at radius 2 is 2.13 bits per heavy atom. The minimum atomic E-state index is -0.924. The van der Waals surface area contributed by atoms with Gasteiger partial charge >= 0.3 is 0 Å². The van der Waals surface area contributed by atoms with E-state index < -0.39 is 23.6 Å². The van der Waals surface area contributed by atoms with E-state index in [1.165, 1.54) is 23.3 Å². The predicted molar refractivity (Wildman–Crippen MR) is 174 cm³/mol. The number of nitrogens with zero attached hydrogens (tertiary/aromatic N) is 6. The monoisotopic (exact) mass is 634 g/mol. The van der Waals surface area contributed by atoms with Crippen molar-refractivity contribution in [2.24, 2.45) is 5.92 Å². The molecule has 1 aromatic heterocycles. The van der Waals surface area contributed by atoms with Gasteiger partial charge in [-0.25, -0.2) is 20.3 Å². The molecule has 3 unspecified atom stereocenters. The zero-order valence-electron chi connectivity index (χ0n) is 26.2. The van der Waals surface area contributed by atoms with Crippen molar-refractivity contribution >= 4 is 22.5 Å². The van der Waals surface area contributed by atoms with Crippen LogP contribution in [0.3, 0.4) is 0 Å². The highest BCUT2D eigenvalue weighted by Gasteiger charge is 2.50. The third kappa shape index (κ3) is 4.84. The van der Waals surface area contributed by atoms with Gasteiger partial charge in [-0.05, 0) is 79.0 Å². The lowest BCUT2D eigenvalue weighted by Crippen LogP contribution is -2.56. The fourth-order valence-corrected chi connectivity index (χ4v) is 8.94. The molecule has 4 heterocycles. The number of carbonyl (C=O) groups excluding carboxylic acids is 1. The van der Waals surface area contributed by atoms with Gasteiger partial charge in [0.1, 0.15) is 36.3 Å². The average molecular weight is 635 g/mol. The molecule has 10 heteroatoms. The van der Waals surface area contributed by atoms with Crippen molar-refractivity contribution in [3.63, 3.8) is 0 Å². The van der Waals surface area contributed by atoms with E-state index in [2.05, 4.69) is 28.5 Å². The maximum absolute atomic E-state index is 16.3. The Morgan fingerprint density at radius 3 is 2.94 bits per heavy atom. The number of halogens is 2. The molecular formula is C37H36F2N6O2. The lowest BCUT2D eigenvalue weighted by atomic mass is 9.92. The summed E-state index contributed by atoms with van der Waals surface area (Å²) in [6, 6.07) is 11.2. The second-order valence-electron chi connectivity index (χ2n) is 13.8. The van der Waals surface area contributed by atoms with E-state index >= 15 is 4.39 Å². The first-order chi connectivity index (χ1) is 22.8. The van der Waals surface area contributed by atoms with Gasteiger partial charge < -0.3 is 19.4 Å². The second kappa shape index (κ2) is 11.3. The Balaban J connectivity index is 1.25. The molecular weight excluding hydrogens is 598 g/mol. The molecule has 0 radical (unpaired) electrons. The van der Waals surface area contributed by atoms with Gasteiger partial charge in [-0.3, -0.25) is 9.69 Å². The van der Waals surface area contributed by atoms with Gasteiger partial charge in [-0.15, -0.1) is 0 Å². The summed E-state index contributed by atoms with van der Waals surface area (Å²) in [5.41, 5.74) is 4.57. The van der Waals surface area contributed by atoms with E-state index in [4.69, 9.17) is 16.3 Å². The van der Waals surface area contributed by atoms with Crippen LogP contribution in [0.25, 0.3) is 26.9 Å². The van der Waals surface area contributed by atoms with Gasteiger partial charge in [-0.1, -0.05) is 24.8 Å². The van der Waals surface area contributed by atoms with Crippen molar-refractivity contribution in [2.45, 2.75) is 55.8 Å². The van der Waals surface area contributed by atoms with Crippen LogP contribution in [0.1, 0.15) is 48.3 Å². The van der Waals surface area contributed by atoms with E-state index in [1.807, 2.05) is 17.0 Å². The maximum Gasteiger partial charge on any atom is 0.246 e. The molecule has 3 aromatic rings. The van der Waals surface area contributed by atoms with Crippen molar-refractivity contribution < 1.29 is 18.3 Å². The third-order valence-electron chi connectivity index (χ3n) is 11.2. The highest BCUT2D eigenvalue weighted by Crippen LogP contribution is 2.59. The predicted octanol–water partition coefficient (Wildman–Crippen LogP) is 5.65. The number of aromatic nitrogens is 1. The van der Waals surface area contributed by atoms with Crippen molar-refractivity contribution in [3.8, 4) is 23.1 Å². The Kier molecular flexibility index (Phi) is 7.18. The summed E-state index contributed by atoms with van der Waals surface area (Å²) >= 11 is 0. The summed E-state index contributed by atoms with van der Waals surface area (Å²) in [6.07, 6.45) is 4.63. The Labute approximate surface area is 273 Å². The summed E-state index contributed by atoms with van der Waals surface area (Å²) in [6.45, 7) is 13.6. The number of fused-ring (bicyclic) bond motifs is 5. The quantitative estimate of drug-likeness (QED) is 0.247. The molecule has 47 heavy (non-hydrogen) atoms. The molecule has 5 atom stereocenters. The first kappa shape index (κ1) is 29.8. The van der Waals surface area contributed by atoms with Crippen LogP contribution < -0.4 is 9.64 Å². The number of amides is 1. The SMILES string of the molecule is [C-]#[N+]C[C@H]1CN(c2c(C#N)c(OCC34CCCN3C[C@H](F)C4)nc3cc(-c4cccc5c4C4CC4C5)c(F)cc23)CCN1C(=O)C=C. The van der Waals surface area contributed by atoms with Crippen LogP contribution in [0.15, 0.2) is 43.0 Å². The highest BCUT2D eigenvalue weighted by atomic mass is 19.1. The largest absolute Gasteiger partial charge is 0.475 e. The standard InChI is InChI=1S/C37H36F2N6O2/c1-3-33(46)45-11-10-43(20-25(45)18-41-2)35-29-14-31(39)28(26-7-4-6-22-12-23-13-27(23)34(22)26)15-32(29)42-36(30(35)17-40)47-21-37-8-5-9-44(37)19-24(38)16-37/h3-4,6-7,14-15,23-25,27H,1,5,8-13,16,18-21H2/t23?,24-,25+,27?,37?/m1/s1. The molecule has 1 amide bonds. The average Bonchev–Trinajstić information content (AvgIpc) is 3.39. The number of rotatable bonds is 7. The lowest BCUT2D eigenvalue weighted by molar-refractivity contribution is -0.128. The molecule has 8 rings (SSSR count). The minimum Gasteiger partial charge on any atom is -0.475 e. The van der Waals surface area contributed by atoms with Crippen molar-refractivity contribution in [1.82, 2.24) is 14.8 Å². The van der Waals surface area contributed by atoms with Crippen molar-refractivity contribution in [3.05, 3.63) is 76.9 Å². The third-order valence-corrected chi connectivity index (χ3v) is 11.2. The van der Waals surface area contributed by atoms with Gasteiger partial charge in [0.25, 0.3) is 0 Å². The molecule has 0 N–H and O–H groups in total. The second-order valence-corrected chi connectivity index (χ2v) is 13.8. The topological polar surface area (TPSA) is 77.1 Å². The van der Waals surface area contributed by atoms with Crippen LogP contribution in [-0.2, 0) is 11.2 Å². The summed E-state index contributed by atoms with van der Waals surface area (Å²) in [5.74, 6) is 0.598. The number of benzene rings is 2. The van der Waals surface area contributed by atoms with E-state index in [0.717, 1.165) is 37.8 Å². The summed E-state index contributed by atoms with van der Waals surface area (Å²) in [7, 11) is 0. The number of anilines is 1. The number of hydrogen-bond acceptors (Lipinski definition) is 6. The minimum absolute atomic E-state index is 0.0763. The van der Waals surface area contributed by atoms with Crippen LogP contribution in [-0.4, -0.2) is 84.3 Å². The van der Waals surface area contributed by atoms with Crippen LogP contribution in [0.5, 0.6) is 5.88 Å². The number of ether oxygens (including phenoxy) is 1. The van der Waals surface area contributed by atoms with E-state index in [1.54, 1.807) is 11.0 Å². The first-order valence-electron chi connectivity index (χ1n) is 16.6. The highest BCUT2D eigenvalue weighted by molar-refractivity contribution is 5.99. The van der Waals surface area contributed by atoms with Crippen LogP contribution >= 0.6 is 0 Å². The molecule has 0 bridgehead atoms. The number of nitriles is 1. The number of pyridine rings is 1. The molecule has 2 aromatic carbocycles. The molecule has 8 nitrogen and oxygen atoms in total. The van der Waals surface area contributed by atoms with Gasteiger partial charge in [-0.2, -0.15) is 5.26 Å². The van der Waals surface area contributed by atoms with Crippen LogP contribution in [0, 0.1) is 29.6 Å². The van der Waals surface area contributed by atoms with Crippen LogP contribution in [0.2, 0.25) is 0 Å². The van der Waals surface area contributed by atoms with E-state index in [9.17, 15) is 14.4 Å². The molecule has 3 aliphatic heterocycles. The molecule has 3 saturated heterocycles. The van der Waals surface area contributed by atoms with Crippen LogP contribution in [0.4, 0.5) is 14.5 Å². The molecule has 240 valence electrons. The zero-order valence-corrected chi connectivity index (χ0v) is 26.2. The molecule has 5 aliphatic rings. The molecule has 0 spiro atoms. The maximum atomic E-state index is 16.3. The van der Waals surface area contributed by atoms with Crippen molar-refractivity contribution in [1.29, 1.82) is 5.26 Å². The van der Waals surface area contributed by atoms with E-state index in [0.29, 0.717) is 60.0 Å². The number of piperazine rings is 1. The van der Waals surface area contributed by atoms with E-state index in [-0.39, 0.29) is 37.0 Å². The zero-order chi connectivity index (χ0) is 32.4. The Hall–Kier alpha value is -4.54. The Morgan fingerprint density at radius 1 is 1.26 bits per heavy atom. The summed E-state index contributed by atoms with van der Waals surface area (Å²) in [4.78, 5) is 26.9. The van der Waals surface area contributed by atoms with Gasteiger partial charge in [0, 0.05) is 43.5 Å². The first-order valence-corrected chi connectivity index (χ1v) is 16.6. The number of carbonyl (C=O) groups is 1. The number of alkyl halides is 1. The fourth-order valence-electron chi connectivity index (χ4n) is 8.94. The van der Waals surface area contributed by atoms with Gasteiger partial charge in [0.15, 0.2) is 0 Å². The van der Waals surface area contributed by atoms with Gasteiger partial charge in [0.05, 0.1) is 16.7 Å². The molecule has 4 fully saturated rings.